The van der Waals surface area contributed by atoms with Gasteiger partial charge in [-0.15, -0.1) is 0 Å². The molecule has 0 spiro atoms. The Morgan fingerprint density at radius 2 is 2.33 bits per heavy atom. The summed E-state index contributed by atoms with van der Waals surface area (Å²) in [4.78, 5) is 11.5. The highest BCUT2D eigenvalue weighted by Crippen LogP contribution is 2.21. The average Bonchev–Trinajstić information content (AvgIpc) is 2.74. The number of aromatic amines is 1. The van der Waals surface area contributed by atoms with Crippen molar-refractivity contribution in [1.82, 2.24) is 20.3 Å². The van der Waals surface area contributed by atoms with Gasteiger partial charge in [-0.3, -0.25) is 0 Å². The molecule has 0 aromatic carbocycles. The highest BCUT2D eigenvalue weighted by Gasteiger charge is 2.08. The summed E-state index contributed by atoms with van der Waals surface area (Å²) in [7, 11) is 0. The molecular weight excluding hydrogens is 188 g/mol. The molecule has 0 amide bonds. The number of rotatable bonds is 1. The Morgan fingerprint density at radius 1 is 1.33 bits per heavy atom. The predicted molar refractivity (Wildman–Crippen MR) is 59.4 cm³/mol. The van der Waals surface area contributed by atoms with Gasteiger partial charge in [0.2, 0.25) is 0 Å². The van der Waals surface area contributed by atoms with Gasteiger partial charge >= 0.3 is 0 Å². The molecule has 0 radical (unpaired) electrons. The van der Waals surface area contributed by atoms with Crippen molar-refractivity contribution in [2.45, 2.75) is 6.42 Å². The lowest BCUT2D eigenvalue weighted by Gasteiger charge is -2.12. The molecule has 4 nitrogen and oxygen atoms in total. The Balaban J connectivity index is 2.07. The van der Waals surface area contributed by atoms with Crippen LogP contribution in [0, 0.1) is 0 Å². The summed E-state index contributed by atoms with van der Waals surface area (Å²) in [6.07, 6.45) is 6.70. The van der Waals surface area contributed by atoms with Crippen molar-refractivity contribution < 1.29 is 0 Å². The van der Waals surface area contributed by atoms with Crippen molar-refractivity contribution in [2.24, 2.45) is 0 Å². The van der Waals surface area contributed by atoms with Crippen molar-refractivity contribution in [3.05, 3.63) is 30.4 Å². The van der Waals surface area contributed by atoms with Crippen molar-refractivity contribution in [1.29, 1.82) is 0 Å². The summed E-state index contributed by atoms with van der Waals surface area (Å²) >= 11 is 0. The van der Waals surface area contributed by atoms with Crippen LogP contribution in [0.25, 0.3) is 16.6 Å². The molecule has 0 bridgehead atoms. The first-order valence-corrected chi connectivity index (χ1v) is 5.12. The zero-order valence-electron chi connectivity index (χ0n) is 8.33. The summed E-state index contributed by atoms with van der Waals surface area (Å²) in [5.41, 5.74) is 3.46. The molecule has 3 heterocycles. The van der Waals surface area contributed by atoms with Crippen LogP contribution in [-0.2, 0) is 0 Å². The summed E-state index contributed by atoms with van der Waals surface area (Å²) in [6.45, 7) is 2.00. The molecule has 1 aliphatic heterocycles. The van der Waals surface area contributed by atoms with E-state index < -0.39 is 0 Å². The van der Waals surface area contributed by atoms with Crippen LogP contribution in [0.5, 0.6) is 0 Å². The number of nitrogens with one attached hydrogen (secondary N) is 2. The Labute approximate surface area is 87.4 Å². The Morgan fingerprint density at radius 3 is 3.13 bits per heavy atom. The SMILES string of the molecule is C1=C(c2cc3cncnc3[nH]2)CCNC1. The van der Waals surface area contributed by atoms with Gasteiger partial charge in [0.15, 0.2) is 0 Å². The van der Waals surface area contributed by atoms with E-state index in [-0.39, 0.29) is 0 Å². The number of hydrogen-bond acceptors (Lipinski definition) is 3. The zero-order valence-corrected chi connectivity index (χ0v) is 8.33. The fourth-order valence-corrected chi connectivity index (χ4v) is 1.91. The maximum atomic E-state index is 4.19. The molecule has 0 aliphatic carbocycles. The fraction of sp³-hybridized carbons (Fsp3) is 0.273. The van der Waals surface area contributed by atoms with Gasteiger partial charge in [-0.1, -0.05) is 6.08 Å². The van der Waals surface area contributed by atoms with Gasteiger partial charge in [0.1, 0.15) is 12.0 Å². The molecule has 3 rings (SSSR count). The van der Waals surface area contributed by atoms with Crippen LogP contribution in [0.15, 0.2) is 24.7 Å². The van der Waals surface area contributed by atoms with Gasteiger partial charge < -0.3 is 10.3 Å². The van der Waals surface area contributed by atoms with Crippen LogP contribution in [0.4, 0.5) is 0 Å². The standard InChI is InChI=1S/C11H12N4/c1-3-12-4-2-8(1)10-5-9-6-13-7-14-11(9)15-10/h1,5-7,12H,2-4H2,(H,13,14,15). The van der Waals surface area contributed by atoms with E-state index in [9.17, 15) is 0 Å². The van der Waals surface area contributed by atoms with Crippen molar-refractivity contribution in [3.63, 3.8) is 0 Å². The zero-order chi connectivity index (χ0) is 10.1. The second-order valence-corrected chi connectivity index (χ2v) is 3.69. The highest BCUT2D eigenvalue weighted by atomic mass is 14.9. The van der Waals surface area contributed by atoms with E-state index in [0.29, 0.717) is 0 Å². The largest absolute Gasteiger partial charge is 0.339 e. The quantitative estimate of drug-likeness (QED) is 0.730. The van der Waals surface area contributed by atoms with E-state index in [1.165, 1.54) is 11.3 Å². The van der Waals surface area contributed by atoms with E-state index in [2.05, 4.69) is 32.4 Å². The maximum Gasteiger partial charge on any atom is 0.141 e. The third-order valence-electron chi connectivity index (χ3n) is 2.70. The molecule has 15 heavy (non-hydrogen) atoms. The topological polar surface area (TPSA) is 53.6 Å². The number of nitrogens with zero attached hydrogens (tertiary/aromatic N) is 2. The van der Waals surface area contributed by atoms with Gasteiger partial charge in [0.05, 0.1) is 0 Å². The van der Waals surface area contributed by atoms with Crippen LogP contribution < -0.4 is 5.32 Å². The predicted octanol–water partition coefficient (Wildman–Crippen LogP) is 1.33. The molecule has 1 aliphatic rings. The normalized spacial score (nSPS) is 16.7. The summed E-state index contributed by atoms with van der Waals surface area (Å²) in [6, 6.07) is 2.12. The van der Waals surface area contributed by atoms with Crippen molar-refractivity contribution in [2.75, 3.05) is 13.1 Å². The first-order chi connectivity index (χ1) is 7.43. The molecular formula is C11H12N4. The Bertz CT molecular complexity index is 479. The van der Waals surface area contributed by atoms with Crippen LogP contribution in [-0.4, -0.2) is 28.0 Å². The van der Waals surface area contributed by atoms with E-state index in [1.807, 2.05) is 6.20 Å². The van der Waals surface area contributed by atoms with Crippen LogP contribution in [0.2, 0.25) is 0 Å². The van der Waals surface area contributed by atoms with E-state index >= 15 is 0 Å². The highest BCUT2D eigenvalue weighted by molar-refractivity contribution is 5.81. The van der Waals surface area contributed by atoms with E-state index in [0.717, 1.165) is 30.5 Å². The summed E-state index contributed by atoms with van der Waals surface area (Å²) in [5.74, 6) is 0. The fourth-order valence-electron chi connectivity index (χ4n) is 1.91. The first-order valence-electron chi connectivity index (χ1n) is 5.12. The number of H-pyrrole nitrogens is 1. The monoisotopic (exact) mass is 200 g/mol. The van der Waals surface area contributed by atoms with Crippen LogP contribution in [0.3, 0.4) is 0 Å². The second-order valence-electron chi connectivity index (χ2n) is 3.69. The first kappa shape index (κ1) is 8.61. The van der Waals surface area contributed by atoms with Crippen LogP contribution >= 0.6 is 0 Å². The molecule has 76 valence electrons. The van der Waals surface area contributed by atoms with Gasteiger partial charge in [0, 0.05) is 23.8 Å². The number of aromatic nitrogens is 3. The van der Waals surface area contributed by atoms with Crippen molar-refractivity contribution in [3.8, 4) is 0 Å². The van der Waals surface area contributed by atoms with Gasteiger partial charge in [0.25, 0.3) is 0 Å². The van der Waals surface area contributed by atoms with Gasteiger partial charge in [-0.05, 0) is 24.6 Å². The third kappa shape index (κ3) is 1.53. The molecule has 0 atom stereocenters. The lowest BCUT2D eigenvalue weighted by Crippen LogP contribution is -2.20. The number of hydrogen-bond donors (Lipinski definition) is 2. The van der Waals surface area contributed by atoms with E-state index in [4.69, 9.17) is 0 Å². The molecule has 0 saturated carbocycles. The molecule has 2 N–H and O–H groups in total. The lowest BCUT2D eigenvalue weighted by molar-refractivity contribution is 0.737. The third-order valence-corrected chi connectivity index (χ3v) is 2.70. The average molecular weight is 200 g/mol. The smallest absolute Gasteiger partial charge is 0.141 e. The molecule has 0 unspecified atom stereocenters. The summed E-state index contributed by atoms with van der Waals surface area (Å²) in [5, 5.41) is 4.38. The minimum atomic E-state index is 0.916. The van der Waals surface area contributed by atoms with Gasteiger partial charge in [-0.25, -0.2) is 9.97 Å². The van der Waals surface area contributed by atoms with E-state index in [1.54, 1.807) is 6.33 Å². The molecule has 0 fully saturated rings. The number of fused-ring (bicyclic) bond motifs is 1. The second kappa shape index (κ2) is 3.47. The van der Waals surface area contributed by atoms with Crippen LogP contribution in [0.1, 0.15) is 12.1 Å². The molecule has 2 aromatic rings. The lowest BCUT2D eigenvalue weighted by atomic mass is 10.1. The Kier molecular flexibility index (Phi) is 1.99. The molecule has 4 heteroatoms. The summed E-state index contributed by atoms with van der Waals surface area (Å²) < 4.78 is 0. The maximum absolute atomic E-state index is 4.19. The molecule has 2 aromatic heterocycles. The minimum absolute atomic E-state index is 0.916. The molecule has 0 saturated heterocycles. The Hall–Kier alpha value is -1.68. The van der Waals surface area contributed by atoms with Crippen molar-refractivity contribution >= 4 is 16.6 Å². The van der Waals surface area contributed by atoms with Gasteiger partial charge in [-0.2, -0.15) is 0 Å². The minimum Gasteiger partial charge on any atom is -0.339 e.